The van der Waals surface area contributed by atoms with Crippen molar-refractivity contribution in [2.24, 2.45) is 11.3 Å². The number of benzene rings is 9. The fraction of sp³-hybridized carbons (Fsp3) is 0.322. The highest BCUT2D eigenvalue weighted by atomic mass is 32.2. The number of aryl methyl sites for hydroxylation is 3. The standard InChI is InChI=1S/C26H35O7P.C22H21O2P.C16H16OS.C13H16O2.C10H12O2/c1-17(15-26(2,3)4)16-34(29,24(27)22-18(30-5)11-9-12-19(22)31-6)25(28)23-20(32-7)13-10-14-21(23)33-8;1-16-14-17(2)21(18(3)15-16)22(23)25(24,19-10-6-4-7-11-19)20-12-8-5-9-13-20;1-11(2)13-7-5-9-16-14(13)10-12-6-3-4-8-15(12)18(16)17;14-12(11-7-3-1-4-8-11)13(15)9-5-2-6-10-13;1-10(2,12)9(11)8-6-4-3-5-7-8/h9-14,17H,15-16H2,1-8H3;4-15H,1-3H3;3-9,11H,10H2,1-2H3;1,3-4,7-8,15H,2,5-6,9-10H2;3-7,12H,1-2H3. The van der Waals surface area contributed by atoms with Gasteiger partial charge >= 0.3 is 0 Å². The molecule has 104 heavy (non-hydrogen) atoms. The van der Waals surface area contributed by atoms with Crippen molar-refractivity contribution in [3.05, 3.63) is 274 Å². The Labute approximate surface area is 617 Å². The first-order valence-electron chi connectivity index (χ1n) is 35.0. The number of rotatable bonds is 20. The van der Waals surface area contributed by atoms with Crippen LogP contribution in [0.5, 0.6) is 23.0 Å². The Balaban J connectivity index is 0.000000190. The van der Waals surface area contributed by atoms with Gasteiger partial charge in [0.25, 0.3) is 0 Å². The molecule has 9 aromatic carbocycles. The average molecular weight is 1460 g/mol. The van der Waals surface area contributed by atoms with E-state index in [0.717, 1.165) is 52.2 Å². The molecule has 548 valence electrons. The van der Waals surface area contributed by atoms with Crippen molar-refractivity contribution in [1.29, 1.82) is 0 Å². The highest BCUT2D eigenvalue weighted by molar-refractivity contribution is 7.95. The second-order valence-corrected chi connectivity index (χ2v) is 35.1. The lowest BCUT2D eigenvalue weighted by molar-refractivity contribution is 0.0116. The van der Waals surface area contributed by atoms with E-state index in [1.165, 1.54) is 59.0 Å². The number of Topliss-reactive ketones (excluding diaryl/α,β-unsaturated/α-hetero) is 2. The summed E-state index contributed by atoms with van der Waals surface area (Å²) in [5.41, 5.74) is 4.00. The summed E-state index contributed by atoms with van der Waals surface area (Å²) in [6.45, 7) is 21.3. The van der Waals surface area contributed by atoms with Crippen LogP contribution in [0.1, 0.15) is 185 Å². The van der Waals surface area contributed by atoms with Gasteiger partial charge in [-0.25, -0.2) is 4.21 Å². The van der Waals surface area contributed by atoms with Crippen LogP contribution in [-0.4, -0.2) is 88.4 Å². The molecular formula is C87H100O14P2S. The number of fused-ring (bicyclic) bond motifs is 2. The summed E-state index contributed by atoms with van der Waals surface area (Å²) in [6.07, 6.45) is 5.73. The lowest BCUT2D eigenvalue weighted by Gasteiger charge is -2.30. The molecule has 14 nitrogen and oxygen atoms in total. The maximum atomic E-state index is 14.7. The molecule has 2 aliphatic rings. The number of hydrogen-bond donors (Lipinski definition) is 2. The SMILES string of the molecule is CC(C)(O)C(=O)c1ccccc1.CC(C)c1cccc2c1Cc1ccccc1S2=O.COc1cccc(OC)c1C(=O)P(=O)(CC(C)CC(C)(C)C)C(=O)c1c(OC)cccc1OC.Cc1cc(C)c(C(=O)P(=O)(c2ccccc2)c2ccccc2)c(C)c1.O=C(c1ccccc1)C1(O)CCCCC1. The van der Waals surface area contributed by atoms with Crippen LogP contribution in [0.15, 0.2) is 222 Å². The van der Waals surface area contributed by atoms with E-state index in [2.05, 4.69) is 46.8 Å². The van der Waals surface area contributed by atoms with Crippen molar-refractivity contribution < 1.29 is 66.5 Å². The third-order valence-electron chi connectivity index (χ3n) is 18.1. The number of methoxy groups -OCH3 is 4. The predicted octanol–water partition coefficient (Wildman–Crippen LogP) is 19.0. The first-order valence-corrected chi connectivity index (χ1v) is 39.8. The van der Waals surface area contributed by atoms with E-state index in [-0.39, 0.29) is 68.7 Å². The summed E-state index contributed by atoms with van der Waals surface area (Å²) < 4.78 is 62.9. The Kier molecular flexibility index (Phi) is 29.0. The van der Waals surface area contributed by atoms with Gasteiger partial charge in [0.2, 0.25) is 30.9 Å². The Morgan fingerprint density at radius 2 is 0.913 bits per heavy atom. The first kappa shape index (κ1) is 82.3. The van der Waals surface area contributed by atoms with Crippen LogP contribution in [0.25, 0.3) is 0 Å². The molecule has 0 radical (unpaired) electrons. The van der Waals surface area contributed by atoms with Crippen molar-refractivity contribution in [1.82, 2.24) is 0 Å². The summed E-state index contributed by atoms with van der Waals surface area (Å²) in [7, 11) is -3.08. The molecule has 0 bridgehead atoms. The Morgan fingerprint density at radius 1 is 0.510 bits per heavy atom. The molecule has 2 unspecified atom stereocenters. The first-order chi connectivity index (χ1) is 49.3. The number of hydrogen-bond acceptors (Lipinski definition) is 14. The Hall–Kier alpha value is -8.94. The molecule has 1 saturated carbocycles. The van der Waals surface area contributed by atoms with Gasteiger partial charge < -0.3 is 38.3 Å². The number of ketones is 2. The van der Waals surface area contributed by atoms with Crippen molar-refractivity contribution in [3.63, 3.8) is 0 Å². The van der Waals surface area contributed by atoms with E-state index in [4.69, 9.17) is 18.9 Å². The van der Waals surface area contributed by atoms with E-state index in [0.29, 0.717) is 52.5 Å². The van der Waals surface area contributed by atoms with E-state index in [1.54, 1.807) is 97.1 Å². The van der Waals surface area contributed by atoms with Crippen LogP contribution in [0.2, 0.25) is 0 Å². The zero-order valence-corrected chi connectivity index (χ0v) is 65.2. The van der Waals surface area contributed by atoms with Crippen LogP contribution in [0, 0.1) is 32.1 Å². The van der Waals surface area contributed by atoms with Gasteiger partial charge in [-0.05, 0) is 135 Å². The molecule has 0 aromatic heterocycles. The van der Waals surface area contributed by atoms with Crippen LogP contribution < -0.4 is 29.6 Å². The third kappa shape index (κ3) is 20.1. The minimum Gasteiger partial charge on any atom is -0.496 e. The third-order valence-corrected chi connectivity index (χ3v) is 25.5. The van der Waals surface area contributed by atoms with Gasteiger partial charge in [-0.1, -0.05) is 242 Å². The van der Waals surface area contributed by atoms with Crippen molar-refractivity contribution in [2.75, 3.05) is 34.6 Å². The molecule has 1 aliphatic heterocycles. The second kappa shape index (κ2) is 36.7. The summed E-state index contributed by atoms with van der Waals surface area (Å²) in [5, 5.41) is 20.8. The molecule has 2 N–H and O–H groups in total. The van der Waals surface area contributed by atoms with Crippen molar-refractivity contribution in [3.8, 4) is 23.0 Å². The summed E-state index contributed by atoms with van der Waals surface area (Å²) >= 11 is 0. The molecule has 1 heterocycles. The fourth-order valence-corrected chi connectivity index (χ4v) is 20.2. The van der Waals surface area contributed by atoms with E-state index >= 15 is 0 Å². The van der Waals surface area contributed by atoms with Crippen molar-refractivity contribution in [2.45, 2.75) is 148 Å². The smallest absolute Gasteiger partial charge is 0.236 e. The molecule has 11 rings (SSSR count). The van der Waals surface area contributed by atoms with Gasteiger partial charge in [-0.15, -0.1) is 0 Å². The average Bonchev–Trinajstić information content (AvgIpc) is 0.767. The molecule has 17 heteroatoms. The quantitative estimate of drug-likeness (QED) is 0.0537. The Morgan fingerprint density at radius 3 is 1.34 bits per heavy atom. The largest absolute Gasteiger partial charge is 0.496 e. The number of carbonyl (C=O) groups is 5. The number of carbonyl (C=O) groups excluding carboxylic acids is 5. The maximum absolute atomic E-state index is 14.7. The van der Waals surface area contributed by atoms with Gasteiger partial charge in [-0.3, -0.25) is 24.0 Å². The Bertz CT molecular complexity index is 4390. The number of ether oxygens (including phenoxy) is 4. The maximum Gasteiger partial charge on any atom is 0.236 e. The molecule has 0 amide bonds. The highest BCUT2D eigenvalue weighted by Gasteiger charge is 2.47. The molecule has 1 aliphatic carbocycles. The van der Waals surface area contributed by atoms with Crippen LogP contribution in [-0.2, 0) is 26.4 Å². The van der Waals surface area contributed by atoms with Crippen LogP contribution in [0.4, 0.5) is 0 Å². The summed E-state index contributed by atoms with van der Waals surface area (Å²) in [6, 6.07) is 63.9. The van der Waals surface area contributed by atoms with E-state index < -0.39 is 47.3 Å². The van der Waals surface area contributed by atoms with Gasteiger partial charge in [0, 0.05) is 49.7 Å². The predicted molar refractivity (Wildman–Crippen MR) is 419 cm³/mol. The molecular weight excluding hydrogens is 1360 g/mol. The van der Waals surface area contributed by atoms with Crippen LogP contribution >= 0.6 is 14.3 Å². The fourth-order valence-electron chi connectivity index (χ4n) is 13.4. The molecule has 1 fully saturated rings. The highest BCUT2D eigenvalue weighted by Crippen LogP contribution is 2.58. The lowest BCUT2D eigenvalue weighted by Crippen LogP contribution is -2.40. The van der Waals surface area contributed by atoms with Gasteiger partial charge in [0.05, 0.1) is 39.2 Å². The van der Waals surface area contributed by atoms with E-state index in [9.17, 15) is 47.5 Å². The zero-order valence-electron chi connectivity index (χ0n) is 62.6. The normalized spacial score (nSPS) is 14.0. The minimum absolute atomic E-state index is 0.0130. The monoisotopic (exact) mass is 1460 g/mol. The van der Waals surface area contributed by atoms with Gasteiger partial charge in [-0.2, -0.15) is 0 Å². The van der Waals surface area contributed by atoms with Gasteiger partial charge in [0.15, 0.2) is 11.6 Å². The summed E-state index contributed by atoms with van der Waals surface area (Å²) in [5.74, 6) is 0.689. The minimum atomic E-state index is -4.25. The molecule has 9 aromatic rings. The van der Waals surface area contributed by atoms with Crippen molar-refractivity contribution >= 4 is 63.8 Å². The molecule has 2 atom stereocenters. The number of aliphatic hydroxyl groups is 2. The zero-order chi connectivity index (χ0) is 76.3. The lowest BCUT2D eigenvalue weighted by atomic mass is 9.79. The van der Waals surface area contributed by atoms with Crippen LogP contribution in [0.3, 0.4) is 0 Å². The summed E-state index contributed by atoms with van der Waals surface area (Å²) in [4.78, 5) is 67.1. The van der Waals surface area contributed by atoms with Gasteiger partial charge in [0.1, 0.15) is 45.3 Å². The second-order valence-electron chi connectivity index (χ2n) is 28.4. The van der Waals surface area contributed by atoms with E-state index in [1.807, 2.05) is 131 Å². The molecule has 0 spiro atoms. The molecule has 0 saturated heterocycles. The topological polar surface area (TPSA) is 214 Å².